The molecule has 2 saturated heterocycles. The van der Waals surface area contributed by atoms with E-state index >= 15 is 0 Å². The molecule has 0 saturated carbocycles. The number of carboxylic acid groups (broad SMARTS) is 2. The standard InChI is InChI=1S/C21H27N3O2.2C2HF3O2/c1-25-20-5-3-19(4-6-20)24-12-2-9-21(17-24)16-23(13-14-26-21)15-18-7-10-22-11-8-18;2*3-2(4,5)1(6)7/h3-8,10-11H,2,9,12-17H2,1H3;2*(H,6,7). The van der Waals surface area contributed by atoms with Crippen molar-refractivity contribution in [3.05, 3.63) is 54.4 Å². The number of aromatic nitrogens is 1. The third-order valence-electron chi connectivity index (χ3n) is 5.95. The number of carbonyl (C=O) groups is 2. The maximum atomic E-state index is 10.6. The van der Waals surface area contributed by atoms with Crippen molar-refractivity contribution in [2.24, 2.45) is 0 Å². The lowest BCUT2D eigenvalue weighted by molar-refractivity contribution is -0.193. The van der Waals surface area contributed by atoms with Gasteiger partial charge in [0.1, 0.15) is 5.75 Å². The summed E-state index contributed by atoms with van der Waals surface area (Å²) in [5, 5.41) is 14.2. The van der Waals surface area contributed by atoms with Crippen LogP contribution in [-0.4, -0.2) is 89.9 Å². The molecular weight excluding hydrogens is 552 g/mol. The van der Waals surface area contributed by atoms with Crippen molar-refractivity contribution in [3.8, 4) is 5.75 Å². The molecule has 40 heavy (non-hydrogen) atoms. The molecule has 222 valence electrons. The van der Waals surface area contributed by atoms with Crippen LogP contribution in [-0.2, 0) is 20.9 Å². The summed E-state index contributed by atoms with van der Waals surface area (Å²) in [7, 11) is 1.71. The van der Waals surface area contributed by atoms with E-state index in [1.807, 2.05) is 24.5 Å². The van der Waals surface area contributed by atoms with Gasteiger partial charge in [-0.2, -0.15) is 26.3 Å². The fourth-order valence-electron chi connectivity index (χ4n) is 4.16. The van der Waals surface area contributed by atoms with Gasteiger partial charge in [0, 0.05) is 50.8 Å². The minimum Gasteiger partial charge on any atom is -0.497 e. The zero-order valence-corrected chi connectivity index (χ0v) is 21.4. The normalized spacial score (nSPS) is 19.5. The van der Waals surface area contributed by atoms with Crippen LogP contribution >= 0.6 is 0 Å². The Labute approximate surface area is 225 Å². The van der Waals surface area contributed by atoms with Crippen molar-refractivity contribution in [3.63, 3.8) is 0 Å². The molecule has 2 aromatic rings. The minimum absolute atomic E-state index is 0.0660. The SMILES string of the molecule is COc1ccc(N2CCCC3(CN(Cc4ccncc4)CCO3)C2)cc1.O=C(O)C(F)(F)F.O=C(O)C(F)(F)F. The number of hydrogen-bond acceptors (Lipinski definition) is 7. The Morgan fingerprint density at radius 2 is 1.50 bits per heavy atom. The van der Waals surface area contributed by atoms with Gasteiger partial charge in [0.05, 0.1) is 19.3 Å². The number of nitrogens with zero attached hydrogens (tertiary/aromatic N) is 3. The Hall–Kier alpha value is -3.59. The van der Waals surface area contributed by atoms with Crippen molar-refractivity contribution in [1.82, 2.24) is 9.88 Å². The molecule has 1 spiro atoms. The van der Waals surface area contributed by atoms with Gasteiger partial charge in [-0.05, 0) is 54.8 Å². The highest BCUT2D eigenvalue weighted by atomic mass is 19.4. The number of alkyl halides is 6. The number of anilines is 1. The molecule has 2 N–H and O–H groups in total. The maximum Gasteiger partial charge on any atom is 0.490 e. The largest absolute Gasteiger partial charge is 0.497 e. The van der Waals surface area contributed by atoms with Crippen molar-refractivity contribution in [2.75, 3.05) is 44.8 Å². The van der Waals surface area contributed by atoms with E-state index in [0.29, 0.717) is 0 Å². The van der Waals surface area contributed by atoms with Crippen molar-refractivity contribution in [1.29, 1.82) is 0 Å². The molecule has 1 unspecified atom stereocenters. The predicted octanol–water partition coefficient (Wildman–Crippen LogP) is 4.23. The summed E-state index contributed by atoms with van der Waals surface area (Å²) in [5.41, 5.74) is 2.50. The molecular formula is C25H29F6N3O6. The number of morpholine rings is 1. The zero-order chi connectivity index (χ0) is 30.0. The molecule has 3 heterocycles. The minimum atomic E-state index is -5.08. The lowest BCUT2D eigenvalue weighted by atomic mass is 9.90. The van der Waals surface area contributed by atoms with Gasteiger partial charge in [-0.3, -0.25) is 9.88 Å². The first-order chi connectivity index (χ1) is 18.6. The van der Waals surface area contributed by atoms with Crippen LogP contribution in [0.4, 0.5) is 32.0 Å². The molecule has 0 radical (unpaired) electrons. The number of hydrogen-bond donors (Lipinski definition) is 2. The van der Waals surface area contributed by atoms with Gasteiger partial charge in [-0.15, -0.1) is 0 Å². The molecule has 4 rings (SSSR count). The molecule has 2 aliphatic rings. The molecule has 15 heteroatoms. The van der Waals surface area contributed by atoms with Crippen LogP contribution in [0.25, 0.3) is 0 Å². The Balaban J connectivity index is 0.000000333. The number of pyridine rings is 1. The number of aliphatic carboxylic acids is 2. The van der Waals surface area contributed by atoms with E-state index in [1.165, 1.54) is 11.3 Å². The van der Waals surface area contributed by atoms with Gasteiger partial charge in [0.15, 0.2) is 0 Å². The van der Waals surface area contributed by atoms with E-state index in [0.717, 1.165) is 57.9 Å². The third kappa shape index (κ3) is 10.5. The smallest absolute Gasteiger partial charge is 0.490 e. The van der Waals surface area contributed by atoms with Crippen molar-refractivity contribution < 1.29 is 55.6 Å². The predicted molar refractivity (Wildman–Crippen MR) is 130 cm³/mol. The monoisotopic (exact) mass is 581 g/mol. The summed E-state index contributed by atoms with van der Waals surface area (Å²) in [4.78, 5) is 26.9. The van der Waals surface area contributed by atoms with Crippen LogP contribution in [0, 0.1) is 0 Å². The van der Waals surface area contributed by atoms with Crippen LogP contribution in [0.5, 0.6) is 5.75 Å². The quantitative estimate of drug-likeness (QED) is 0.513. The van der Waals surface area contributed by atoms with Crippen LogP contribution in [0.15, 0.2) is 48.8 Å². The summed E-state index contributed by atoms with van der Waals surface area (Å²) in [6.07, 6.45) is -4.13. The van der Waals surface area contributed by atoms with Crippen LogP contribution in [0.2, 0.25) is 0 Å². The van der Waals surface area contributed by atoms with Crippen LogP contribution in [0.3, 0.4) is 0 Å². The number of halogens is 6. The summed E-state index contributed by atoms with van der Waals surface area (Å²) < 4.78 is 75.1. The highest BCUT2D eigenvalue weighted by Crippen LogP contribution is 2.32. The van der Waals surface area contributed by atoms with Gasteiger partial charge < -0.3 is 24.6 Å². The van der Waals surface area contributed by atoms with E-state index in [4.69, 9.17) is 29.3 Å². The average Bonchev–Trinajstić information content (AvgIpc) is 2.89. The number of methoxy groups -OCH3 is 1. The molecule has 0 aliphatic carbocycles. The topological polar surface area (TPSA) is 112 Å². The third-order valence-corrected chi connectivity index (χ3v) is 5.95. The van der Waals surface area contributed by atoms with E-state index in [-0.39, 0.29) is 5.60 Å². The first-order valence-corrected chi connectivity index (χ1v) is 11.9. The van der Waals surface area contributed by atoms with Gasteiger partial charge >= 0.3 is 24.3 Å². The molecule has 9 nitrogen and oxygen atoms in total. The molecule has 0 bridgehead atoms. The highest BCUT2D eigenvalue weighted by molar-refractivity contribution is 5.73. The van der Waals surface area contributed by atoms with Gasteiger partial charge in [0.25, 0.3) is 0 Å². The van der Waals surface area contributed by atoms with E-state index in [1.54, 1.807) is 7.11 Å². The molecule has 0 amide bonds. The average molecular weight is 582 g/mol. The molecule has 1 aromatic heterocycles. The number of rotatable bonds is 4. The van der Waals surface area contributed by atoms with Crippen LogP contribution in [0.1, 0.15) is 18.4 Å². The Morgan fingerprint density at radius 1 is 0.950 bits per heavy atom. The van der Waals surface area contributed by atoms with Gasteiger partial charge in [-0.25, -0.2) is 9.59 Å². The fourth-order valence-corrected chi connectivity index (χ4v) is 4.16. The second-order valence-electron chi connectivity index (χ2n) is 8.93. The van der Waals surface area contributed by atoms with E-state index in [2.05, 4.69) is 39.0 Å². The van der Waals surface area contributed by atoms with E-state index in [9.17, 15) is 26.3 Å². The second kappa shape index (κ2) is 14.2. The summed E-state index contributed by atoms with van der Waals surface area (Å²) in [5.74, 6) is -4.61. The Morgan fingerprint density at radius 3 is 2.00 bits per heavy atom. The number of benzene rings is 1. The summed E-state index contributed by atoms with van der Waals surface area (Å²) in [6, 6.07) is 12.6. The molecule has 1 aromatic carbocycles. The summed E-state index contributed by atoms with van der Waals surface area (Å²) >= 11 is 0. The van der Waals surface area contributed by atoms with Crippen molar-refractivity contribution >= 4 is 17.6 Å². The maximum absolute atomic E-state index is 10.6. The van der Waals surface area contributed by atoms with Crippen molar-refractivity contribution in [2.45, 2.75) is 37.3 Å². The number of piperidine rings is 1. The molecule has 2 aliphatic heterocycles. The van der Waals surface area contributed by atoms with Gasteiger partial charge in [0.2, 0.25) is 0 Å². The first kappa shape index (κ1) is 32.6. The van der Waals surface area contributed by atoms with E-state index < -0.39 is 24.3 Å². The number of ether oxygens (including phenoxy) is 2. The molecule has 2 fully saturated rings. The Bertz CT molecular complexity index is 1060. The number of carboxylic acids is 2. The lowest BCUT2D eigenvalue weighted by Gasteiger charge is -2.48. The molecule has 1 atom stereocenters. The van der Waals surface area contributed by atoms with Crippen LogP contribution < -0.4 is 9.64 Å². The zero-order valence-electron chi connectivity index (χ0n) is 21.4. The highest BCUT2D eigenvalue weighted by Gasteiger charge is 2.41. The van der Waals surface area contributed by atoms with Gasteiger partial charge in [-0.1, -0.05) is 0 Å². The lowest BCUT2D eigenvalue weighted by Crippen LogP contribution is -2.59. The second-order valence-corrected chi connectivity index (χ2v) is 8.93. The first-order valence-electron chi connectivity index (χ1n) is 11.9. The fraction of sp³-hybridized carbons (Fsp3) is 0.480. The summed E-state index contributed by atoms with van der Waals surface area (Å²) in [6.45, 7) is 5.79. The Kier molecular flexibility index (Phi) is 11.5.